The van der Waals surface area contributed by atoms with E-state index in [1.165, 1.54) is 24.1 Å². The molecule has 0 heterocycles. The standard InChI is InChI=1S/C26H27ClFN3O4S/c1-29-26(33)24(16-19-6-4-3-5-7-19)30(17-20-8-10-21(27)11-9-20)25(32)18-31(36(2,34)35)23-14-12-22(28)13-15-23/h3-15,24H,16-18H2,1-2H3,(H,29,33)/t24-/m0/s1. The summed E-state index contributed by atoms with van der Waals surface area (Å²) in [6.45, 7) is -0.526. The Bertz CT molecular complexity index is 1290. The lowest BCUT2D eigenvalue weighted by Gasteiger charge is -2.33. The smallest absolute Gasteiger partial charge is 0.244 e. The average molecular weight is 532 g/mol. The molecule has 0 radical (unpaired) electrons. The lowest BCUT2D eigenvalue weighted by molar-refractivity contribution is -0.139. The number of sulfonamides is 1. The van der Waals surface area contributed by atoms with E-state index in [-0.39, 0.29) is 18.7 Å². The fraction of sp³-hybridized carbons (Fsp3) is 0.231. The van der Waals surface area contributed by atoms with Crippen LogP contribution in [0.25, 0.3) is 0 Å². The van der Waals surface area contributed by atoms with Gasteiger partial charge in [0.15, 0.2) is 0 Å². The number of hydrogen-bond donors (Lipinski definition) is 1. The Kier molecular flexibility index (Phi) is 9.06. The Morgan fingerprint density at radius 3 is 2.11 bits per heavy atom. The van der Waals surface area contributed by atoms with Gasteiger partial charge in [-0.2, -0.15) is 0 Å². The van der Waals surface area contributed by atoms with Crippen LogP contribution in [0, 0.1) is 5.82 Å². The first kappa shape index (κ1) is 27.2. The molecule has 1 atom stereocenters. The molecule has 2 amide bonds. The van der Waals surface area contributed by atoms with E-state index in [0.29, 0.717) is 10.6 Å². The fourth-order valence-corrected chi connectivity index (χ4v) is 4.70. The van der Waals surface area contributed by atoms with Crippen molar-refractivity contribution in [3.05, 3.63) is 101 Å². The van der Waals surface area contributed by atoms with Crippen LogP contribution in [-0.4, -0.2) is 51.0 Å². The van der Waals surface area contributed by atoms with Gasteiger partial charge in [0.1, 0.15) is 18.4 Å². The second-order valence-corrected chi connectivity index (χ2v) is 10.6. The second kappa shape index (κ2) is 12.0. The van der Waals surface area contributed by atoms with Crippen LogP contribution < -0.4 is 9.62 Å². The van der Waals surface area contributed by atoms with Crippen LogP contribution in [-0.2, 0) is 32.6 Å². The van der Waals surface area contributed by atoms with E-state index in [1.807, 2.05) is 30.3 Å². The summed E-state index contributed by atoms with van der Waals surface area (Å²) in [6, 6.07) is 19.9. The number of rotatable bonds is 10. The van der Waals surface area contributed by atoms with Crippen molar-refractivity contribution in [1.29, 1.82) is 0 Å². The lowest BCUT2D eigenvalue weighted by atomic mass is 10.0. The van der Waals surface area contributed by atoms with Crippen LogP contribution in [0.2, 0.25) is 5.02 Å². The van der Waals surface area contributed by atoms with Crippen LogP contribution in [0.4, 0.5) is 10.1 Å². The minimum absolute atomic E-state index is 0.0436. The SMILES string of the molecule is CNC(=O)[C@H](Cc1ccccc1)N(Cc1ccc(Cl)cc1)C(=O)CN(c1ccc(F)cc1)S(C)(=O)=O. The summed E-state index contributed by atoms with van der Waals surface area (Å²) in [5.41, 5.74) is 1.68. The van der Waals surface area contributed by atoms with E-state index in [9.17, 15) is 22.4 Å². The molecule has 0 unspecified atom stereocenters. The Balaban J connectivity index is 2.00. The summed E-state index contributed by atoms with van der Waals surface area (Å²) in [4.78, 5) is 28.1. The molecule has 0 aromatic heterocycles. The molecular weight excluding hydrogens is 505 g/mol. The predicted molar refractivity (Wildman–Crippen MR) is 139 cm³/mol. The molecule has 0 spiro atoms. The molecule has 10 heteroatoms. The van der Waals surface area contributed by atoms with Crippen molar-refractivity contribution < 1.29 is 22.4 Å². The molecule has 3 rings (SSSR count). The number of nitrogens with one attached hydrogen (secondary N) is 1. The molecule has 0 aliphatic carbocycles. The van der Waals surface area contributed by atoms with Gasteiger partial charge in [-0.1, -0.05) is 54.1 Å². The van der Waals surface area contributed by atoms with Crippen LogP contribution in [0.5, 0.6) is 0 Å². The maximum absolute atomic E-state index is 13.7. The number of likely N-dealkylation sites (N-methyl/N-ethyl adjacent to an activating group) is 1. The number of halogens is 2. The zero-order valence-electron chi connectivity index (χ0n) is 19.9. The van der Waals surface area contributed by atoms with Crippen molar-refractivity contribution >= 4 is 39.1 Å². The normalized spacial score (nSPS) is 12.0. The number of nitrogens with zero attached hydrogens (tertiary/aromatic N) is 2. The molecule has 1 N–H and O–H groups in total. The van der Waals surface area contributed by atoms with E-state index in [4.69, 9.17) is 11.6 Å². The van der Waals surface area contributed by atoms with Gasteiger partial charge in [-0.05, 0) is 47.5 Å². The first-order chi connectivity index (χ1) is 17.1. The van der Waals surface area contributed by atoms with E-state index < -0.39 is 40.2 Å². The maximum Gasteiger partial charge on any atom is 0.244 e. The minimum atomic E-state index is -3.90. The minimum Gasteiger partial charge on any atom is -0.357 e. The van der Waals surface area contributed by atoms with Crippen molar-refractivity contribution in [2.24, 2.45) is 0 Å². The molecule has 3 aromatic carbocycles. The van der Waals surface area contributed by atoms with Crippen LogP contribution in [0.3, 0.4) is 0 Å². The van der Waals surface area contributed by atoms with Gasteiger partial charge in [0.2, 0.25) is 21.8 Å². The quantitative estimate of drug-likeness (QED) is 0.433. The van der Waals surface area contributed by atoms with Crippen LogP contribution >= 0.6 is 11.6 Å². The van der Waals surface area contributed by atoms with Gasteiger partial charge < -0.3 is 10.2 Å². The molecule has 0 fully saturated rings. The Labute approximate surface area is 215 Å². The zero-order valence-corrected chi connectivity index (χ0v) is 21.5. The predicted octanol–water partition coefficient (Wildman–Crippen LogP) is 3.63. The summed E-state index contributed by atoms with van der Waals surface area (Å²) in [5, 5.41) is 3.13. The number of amides is 2. The third kappa shape index (κ3) is 7.29. The molecule has 0 saturated carbocycles. The van der Waals surface area contributed by atoms with Crippen LogP contribution in [0.15, 0.2) is 78.9 Å². The number of benzene rings is 3. The molecule has 0 bridgehead atoms. The van der Waals surface area contributed by atoms with Gasteiger partial charge in [0.05, 0.1) is 11.9 Å². The van der Waals surface area contributed by atoms with E-state index >= 15 is 0 Å². The summed E-state index contributed by atoms with van der Waals surface area (Å²) < 4.78 is 39.5. The summed E-state index contributed by atoms with van der Waals surface area (Å²) in [5.74, 6) is -1.52. The number of carbonyl (C=O) groups is 2. The van der Waals surface area contributed by atoms with Crippen LogP contribution in [0.1, 0.15) is 11.1 Å². The van der Waals surface area contributed by atoms with E-state index in [2.05, 4.69) is 5.32 Å². The zero-order chi connectivity index (χ0) is 26.3. The van der Waals surface area contributed by atoms with Crippen molar-refractivity contribution in [2.45, 2.75) is 19.0 Å². The topological polar surface area (TPSA) is 86.8 Å². The first-order valence-electron chi connectivity index (χ1n) is 11.1. The molecule has 0 aliphatic rings. The van der Waals surface area contributed by atoms with E-state index in [1.54, 1.807) is 24.3 Å². The van der Waals surface area contributed by atoms with Gasteiger partial charge in [-0.15, -0.1) is 0 Å². The van der Waals surface area contributed by atoms with Gasteiger partial charge in [-0.3, -0.25) is 13.9 Å². The third-order valence-corrected chi connectivity index (χ3v) is 6.97. The summed E-state index contributed by atoms with van der Waals surface area (Å²) in [7, 11) is -2.42. The van der Waals surface area contributed by atoms with Crippen molar-refractivity contribution in [1.82, 2.24) is 10.2 Å². The second-order valence-electron chi connectivity index (χ2n) is 8.21. The van der Waals surface area contributed by atoms with Gasteiger partial charge in [0.25, 0.3) is 0 Å². The average Bonchev–Trinajstić information content (AvgIpc) is 2.86. The highest BCUT2D eigenvalue weighted by Crippen LogP contribution is 2.21. The first-order valence-corrected chi connectivity index (χ1v) is 13.3. The Morgan fingerprint density at radius 1 is 0.944 bits per heavy atom. The van der Waals surface area contributed by atoms with Gasteiger partial charge >= 0.3 is 0 Å². The molecule has 7 nitrogen and oxygen atoms in total. The van der Waals surface area contributed by atoms with Gasteiger partial charge in [0, 0.05) is 25.0 Å². The molecule has 0 saturated heterocycles. The highest BCUT2D eigenvalue weighted by atomic mass is 35.5. The molecule has 0 aliphatic heterocycles. The van der Waals surface area contributed by atoms with Crippen molar-refractivity contribution in [3.8, 4) is 0 Å². The van der Waals surface area contributed by atoms with Crippen molar-refractivity contribution in [3.63, 3.8) is 0 Å². The molecular formula is C26H27ClFN3O4S. The number of hydrogen-bond acceptors (Lipinski definition) is 4. The monoisotopic (exact) mass is 531 g/mol. The largest absolute Gasteiger partial charge is 0.357 e. The van der Waals surface area contributed by atoms with Gasteiger partial charge in [-0.25, -0.2) is 12.8 Å². The Morgan fingerprint density at radius 2 is 1.56 bits per heavy atom. The molecule has 36 heavy (non-hydrogen) atoms. The highest BCUT2D eigenvalue weighted by molar-refractivity contribution is 7.92. The van der Waals surface area contributed by atoms with E-state index in [0.717, 1.165) is 28.3 Å². The molecule has 190 valence electrons. The Hall–Kier alpha value is -3.43. The molecule has 3 aromatic rings. The number of carbonyl (C=O) groups excluding carboxylic acids is 2. The lowest BCUT2D eigenvalue weighted by Crippen LogP contribution is -2.52. The highest BCUT2D eigenvalue weighted by Gasteiger charge is 2.32. The third-order valence-electron chi connectivity index (χ3n) is 5.58. The summed E-state index contributed by atoms with van der Waals surface area (Å²) in [6.07, 6.45) is 1.18. The van der Waals surface area contributed by atoms with Crippen molar-refractivity contribution in [2.75, 3.05) is 24.2 Å². The fourth-order valence-electron chi connectivity index (χ4n) is 3.73. The summed E-state index contributed by atoms with van der Waals surface area (Å²) >= 11 is 6.01. The number of anilines is 1. The maximum atomic E-state index is 13.7.